The molecular formula is C16H19N3. The van der Waals surface area contributed by atoms with Crippen LogP contribution in [-0.2, 0) is 0 Å². The molecule has 3 N–H and O–H groups in total. The summed E-state index contributed by atoms with van der Waals surface area (Å²) in [6.07, 6.45) is 8.34. The highest BCUT2D eigenvalue weighted by atomic mass is 15.4. The van der Waals surface area contributed by atoms with Gasteiger partial charge >= 0.3 is 0 Å². The summed E-state index contributed by atoms with van der Waals surface area (Å²) in [5.41, 5.74) is 10.5. The zero-order valence-electron chi connectivity index (χ0n) is 11.4. The first-order chi connectivity index (χ1) is 9.14. The third-order valence-electron chi connectivity index (χ3n) is 3.76. The van der Waals surface area contributed by atoms with Gasteiger partial charge in [0.25, 0.3) is 0 Å². The lowest BCUT2D eigenvalue weighted by Gasteiger charge is -2.35. The number of hydrogen-bond donors (Lipinski definition) is 2. The minimum Gasteiger partial charge on any atom is -0.357 e. The molecule has 1 aromatic rings. The van der Waals surface area contributed by atoms with Crippen molar-refractivity contribution >= 4 is 5.70 Å². The summed E-state index contributed by atoms with van der Waals surface area (Å²) in [4.78, 5) is 2.21. The third-order valence-corrected chi connectivity index (χ3v) is 3.76. The van der Waals surface area contributed by atoms with Gasteiger partial charge in [0.05, 0.1) is 11.4 Å². The Morgan fingerprint density at radius 2 is 1.95 bits per heavy atom. The quantitative estimate of drug-likeness (QED) is 0.850. The van der Waals surface area contributed by atoms with Gasteiger partial charge in [-0.3, -0.25) is 0 Å². The first-order valence-corrected chi connectivity index (χ1v) is 6.58. The fourth-order valence-electron chi connectivity index (χ4n) is 2.69. The fourth-order valence-corrected chi connectivity index (χ4v) is 2.69. The third kappa shape index (κ3) is 1.87. The average Bonchev–Trinajstić information content (AvgIpc) is 2.72. The Bertz CT molecular complexity index is 581. The number of aryl methyl sites for hydroxylation is 1. The predicted octanol–water partition coefficient (Wildman–Crippen LogP) is 2.33. The van der Waals surface area contributed by atoms with Gasteiger partial charge in [-0.2, -0.15) is 0 Å². The summed E-state index contributed by atoms with van der Waals surface area (Å²) in [6, 6.07) is 8.54. The summed E-state index contributed by atoms with van der Waals surface area (Å²) < 4.78 is 0. The van der Waals surface area contributed by atoms with Gasteiger partial charge in [-0.15, -0.1) is 0 Å². The second-order valence-corrected chi connectivity index (χ2v) is 5.24. The normalized spacial score (nSPS) is 24.7. The van der Waals surface area contributed by atoms with Crippen LogP contribution in [-0.4, -0.2) is 17.1 Å². The van der Waals surface area contributed by atoms with Crippen molar-refractivity contribution < 1.29 is 0 Å². The first-order valence-electron chi connectivity index (χ1n) is 6.58. The van der Waals surface area contributed by atoms with Gasteiger partial charge in [0.1, 0.15) is 5.66 Å². The number of rotatable bonds is 2. The fraction of sp³-hybridized carbons (Fsp3) is 0.250. The summed E-state index contributed by atoms with van der Waals surface area (Å²) in [5, 5.41) is 3.59. The van der Waals surface area contributed by atoms with Crippen molar-refractivity contribution in [2.45, 2.75) is 19.5 Å². The second kappa shape index (κ2) is 4.28. The van der Waals surface area contributed by atoms with Crippen molar-refractivity contribution in [3.63, 3.8) is 0 Å². The van der Waals surface area contributed by atoms with Gasteiger partial charge in [-0.25, -0.2) is 0 Å². The Hall–Kier alpha value is -2.00. The van der Waals surface area contributed by atoms with Crippen molar-refractivity contribution in [2.24, 2.45) is 5.73 Å². The Morgan fingerprint density at radius 1 is 1.21 bits per heavy atom. The predicted molar refractivity (Wildman–Crippen MR) is 78.8 cm³/mol. The van der Waals surface area contributed by atoms with Crippen molar-refractivity contribution in [1.29, 1.82) is 0 Å². The molecule has 3 nitrogen and oxygen atoms in total. The molecule has 0 radical (unpaired) electrons. The molecule has 98 valence electrons. The van der Waals surface area contributed by atoms with Crippen LogP contribution in [0.25, 0.3) is 5.70 Å². The van der Waals surface area contributed by atoms with Gasteiger partial charge in [-0.1, -0.05) is 35.9 Å². The zero-order valence-corrected chi connectivity index (χ0v) is 11.4. The maximum atomic E-state index is 5.96. The van der Waals surface area contributed by atoms with E-state index in [1.807, 2.05) is 6.08 Å². The SMILES string of the molecule is Cc1ccc(C2=C(CN)N3C=CC=CC3(C)N2)cc1. The maximum absolute atomic E-state index is 5.96. The Balaban J connectivity index is 2.07. The van der Waals surface area contributed by atoms with E-state index in [2.05, 4.69) is 66.7 Å². The lowest BCUT2D eigenvalue weighted by atomic mass is 10.1. The van der Waals surface area contributed by atoms with Gasteiger partial charge in [0.2, 0.25) is 0 Å². The molecule has 1 aromatic carbocycles. The van der Waals surface area contributed by atoms with E-state index < -0.39 is 0 Å². The summed E-state index contributed by atoms with van der Waals surface area (Å²) in [6.45, 7) is 4.77. The summed E-state index contributed by atoms with van der Waals surface area (Å²) in [7, 11) is 0. The van der Waals surface area contributed by atoms with E-state index in [4.69, 9.17) is 5.73 Å². The molecule has 2 aliphatic rings. The van der Waals surface area contributed by atoms with Gasteiger partial charge < -0.3 is 16.0 Å². The molecule has 19 heavy (non-hydrogen) atoms. The van der Waals surface area contributed by atoms with Gasteiger partial charge in [-0.05, 0) is 31.6 Å². The molecule has 2 aliphatic heterocycles. The Morgan fingerprint density at radius 3 is 2.63 bits per heavy atom. The summed E-state index contributed by atoms with van der Waals surface area (Å²) >= 11 is 0. The van der Waals surface area contributed by atoms with Crippen LogP contribution in [0, 0.1) is 6.92 Å². The Labute approximate surface area is 114 Å². The molecule has 3 rings (SSSR count). The van der Waals surface area contributed by atoms with E-state index >= 15 is 0 Å². The van der Waals surface area contributed by atoms with Crippen LogP contribution < -0.4 is 11.1 Å². The lowest BCUT2D eigenvalue weighted by molar-refractivity contribution is 0.269. The molecule has 0 saturated heterocycles. The monoisotopic (exact) mass is 253 g/mol. The van der Waals surface area contributed by atoms with E-state index in [9.17, 15) is 0 Å². The molecule has 2 heterocycles. The number of fused-ring (bicyclic) bond motifs is 1. The molecular weight excluding hydrogens is 234 g/mol. The molecule has 1 atom stereocenters. The second-order valence-electron chi connectivity index (χ2n) is 5.24. The number of nitrogens with two attached hydrogens (primary N) is 1. The highest BCUT2D eigenvalue weighted by Gasteiger charge is 2.38. The average molecular weight is 253 g/mol. The number of hydrogen-bond acceptors (Lipinski definition) is 3. The van der Waals surface area contributed by atoms with Crippen LogP contribution in [0.3, 0.4) is 0 Å². The van der Waals surface area contributed by atoms with Crippen LogP contribution in [0.5, 0.6) is 0 Å². The highest BCUT2D eigenvalue weighted by Crippen LogP contribution is 2.35. The van der Waals surface area contributed by atoms with Crippen molar-refractivity contribution in [1.82, 2.24) is 10.2 Å². The molecule has 1 unspecified atom stereocenters. The van der Waals surface area contributed by atoms with E-state index in [1.54, 1.807) is 0 Å². The molecule has 0 saturated carbocycles. The van der Waals surface area contributed by atoms with Crippen LogP contribution >= 0.6 is 0 Å². The van der Waals surface area contributed by atoms with E-state index in [0.29, 0.717) is 6.54 Å². The van der Waals surface area contributed by atoms with Gasteiger partial charge in [0.15, 0.2) is 0 Å². The van der Waals surface area contributed by atoms with Crippen LogP contribution in [0.15, 0.2) is 54.4 Å². The minimum absolute atomic E-state index is 0.205. The molecule has 0 bridgehead atoms. The van der Waals surface area contributed by atoms with Crippen LogP contribution in [0.2, 0.25) is 0 Å². The molecule has 0 fully saturated rings. The van der Waals surface area contributed by atoms with E-state index in [1.165, 1.54) is 11.1 Å². The first kappa shape index (κ1) is 12.1. The minimum atomic E-state index is -0.205. The van der Waals surface area contributed by atoms with Gasteiger partial charge in [0, 0.05) is 12.7 Å². The highest BCUT2D eigenvalue weighted by molar-refractivity contribution is 5.71. The van der Waals surface area contributed by atoms with Crippen molar-refractivity contribution in [3.05, 3.63) is 65.5 Å². The number of nitrogens with zero attached hydrogens (tertiary/aromatic N) is 1. The number of benzene rings is 1. The zero-order chi connectivity index (χ0) is 13.5. The van der Waals surface area contributed by atoms with Crippen molar-refractivity contribution in [2.75, 3.05) is 6.54 Å². The smallest absolute Gasteiger partial charge is 0.131 e. The molecule has 0 spiro atoms. The standard InChI is InChI=1S/C16H19N3/c1-12-5-7-13(8-6-12)15-14(11-17)19-10-4-3-9-16(19,2)18-15/h3-10,18H,11,17H2,1-2H3. The molecule has 0 aromatic heterocycles. The molecule has 0 amide bonds. The molecule has 0 aliphatic carbocycles. The number of nitrogens with one attached hydrogen (secondary N) is 1. The number of allylic oxidation sites excluding steroid dienone is 2. The summed E-state index contributed by atoms with van der Waals surface area (Å²) in [5.74, 6) is 0. The lowest BCUT2D eigenvalue weighted by Crippen LogP contribution is -2.47. The van der Waals surface area contributed by atoms with E-state index in [0.717, 1.165) is 11.4 Å². The van der Waals surface area contributed by atoms with Crippen LogP contribution in [0.4, 0.5) is 0 Å². The Kier molecular flexibility index (Phi) is 2.72. The largest absolute Gasteiger partial charge is 0.357 e. The maximum Gasteiger partial charge on any atom is 0.131 e. The van der Waals surface area contributed by atoms with Crippen molar-refractivity contribution in [3.8, 4) is 0 Å². The van der Waals surface area contributed by atoms with Crippen LogP contribution in [0.1, 0.15) is 18.1 Å². The van der Waals surface area contributed by atoms with E-state index in [-0.39, 0.29) is 5.66 Å². The topological polar surface area (TPSA) is 41.3 Å². The molecule has 3 heteroatoms.